The molecule has 1 aromatic carbocycles. The van der Waals surface area contributed by atoms with Crippen molar-refractivity contribution in [3.05, 3.63) is 48.0 Å². The third-order valence-corrected chi connectivity index (χ3v) is 3.48. The first-order valence-corrected chi connectivity index (χ1v) is 7.83. The predicted octanol–water partition coefficient (Wildman–Crippen LogP) is 2.78. The number of aliphatic hydroxyl groups is 1. The molecule has 1 heterocycles. The van der Waals surface area contributed by atoms with Gasteiger partial charge >= 0.3 is 6.03 Å². The van der Waals surface area contributed by atoms with Crippen LogP contribution in [0.3, 0.4) is 0 Å². The zero-order valence-corrected chi connectivity index (χ0v) is 14.1. The Morgan fingerprint density at radius 1 is 1.33 bits per heavy atom. The third kappa shape index (κ3) is 5.06. The van der Waals surface area contributed by atoms with E-state index in [1.807, 2.05) is 13.8 Å². The van der Waals surface area contributed by atoms with Gasteiger partial charge in [-0.2, -0.15) is 5.10 Å². The van der Waals surface area contributed by atoms with Gasteiger partial charge in [0, 0.05) is 19.8 Å². The van der Waals surface area contributed by atoms with Crippen molar-refractivity contribution < 1.29 is 14.3 Å². The highest BCUT2D eigenvalue weighted by Crippen LogP contribution is 2.17. The quantitative estimate of drug-likeness (QED) is 0.853. The molecule has 2 N–H and O–H groups in total. The van der Waals surface area contributed by atoms with E-state index in [0.29, 0.717) is 17.8 Å². The third-order valence-electron chi connectivity index (χ3n) is 3.48. The van der Waals surface area contributed by atoms with Crippen molar-refractivity contribution in [3.63, 3.8) is 0 Å². The van der Waals surface area contributed by atoms with Gasteiger partial charge in [-0.05, 0) is 23.6 Å². The van der Waals surface area contributed by atoms with Crippen LogP contribution < -0.4 is 5.32 Å². The smallest absolute Gasteiger partial charge is 0.322 e. The highest BCUT2D eigenvalue weighted by atomic mass is 19.1. The SMILES string of the molecule is CC(C)CN(CC(O)c1ccc(F)cc1)C(=O)Nc1cnn(C)c1. The Kier molecular flexibility index (Phi) is 5.92. The molecule has 0 radical (unpaired) electrons. The highest BCUT2D eigenvalue weighted by molar-refractivity contribution is 5.89. The number of amides is 2. The topological polar surface area (TPSA) is 70.4 Å². The van der Waals surface area contributed by atoms with Gasteiger partial charge < -0.3 is 15.3 Å². The van der Waals surface area contributed by atoms with Gasteiger partial charge in [-0.3, -0.25) is 4.68 Å². The Morgan fingerprint density at radius 2 is 2.00 bits per heavy atom. The normalized spacial score (nSPS) is 12.2. The van der Waals surface area contributed by atoms with Gasteiger partial charge in [0.15, 0.2) is 0 Å². The second-order valence-corrected chi connectivity index (χ2v) is 6.20. The van der Waals surface area contributed by atoms with Gasteiger partial charge in [0.25, 0.3) is 0 Å². The maximum absolute atomic E-state index is 13.0. The number of halogens is 1. The van der Waals surface area contributed by atoms with Crippen molar-refractivity contribution in [3.8, 4) is 0 Å². The minimum atomic E-state index is -0.885. The van der Waals surface area contributed by atoms with Crippen molar-refractivity contribution in [2.45, 2.75) is 20.0 Å². The number of carbonyl (C=O) groups excluding carboxylic acids is 1. The lowest BCUT2D eigenvalue weighted by Gasteiger charge is -2.27. The Balaban J connectivity index is 2.06. The number of benzene rings is 1. The number of hydrogen-bond acceptors (Lipinski definition) is 3. The molecule has 0 bridgehead atoms. The van der Waals surface area contributed by atoms with E-state index >= 15 is 0 Å². The fourth-order valence-electron chi connectivity index (χ4n) is 2.37. The Bertz CT molecular complexity index is 669. The molecular weight excluding hydrogens is 311 g/mol. The van der Waals surface area contributed by atoms with E-state index in [1.165, 1.54) is 24.3 Å². The molecule has 2 amide bonds. The summed E-state index contributed by atoms with van der Waals surface area (Å²) in [5.41, 5.74) is 1.16. The van der Waals surface area contributed by atoms with E-state index in [4.69, 9.17) is 0 Å². The number of carbonyl (C=O) groups is 1. The molecule has 0 saturated carbocycles. The standard InChI is InChI=1S/C17H23FN4O2/c1-12(2)9-22(17(24)20-15-8-19-21(3)10-15)11-16(23)13-4-6-14(18)7-5-13/h4-8,10,12,16,23H,9,11H2,1-3H3,(H,20,24). The summed E-state index contributed by atoms with van der Waals surface area (Å²) in [7, 11) is 1.76. The molecule has 7 heteroatoms. The zero-order chi connectivity index (χ0) is 17.7. The summed E-state index contributed by atoms with van der Waals surface area (Å²) in [5.74, 6) is -0.121. The Labute approximate surface area is 140 Å². The van der Waals surface area contributed by atoms with Crippen molar-refractivity contribution in [2.24, 2.45) is 13.0 Å². The molecule has 0 saturated heterocycles. The molecule has 0 spiro atoms. The first-order valence-electron chi connectivity index (χ1n) is 7.83. The molecule has 2 aromatic rings. The minimum absolute atomic E-state index is 0.121. The minimum Gasteiger partial charge on any atom is -0.387 e. The van der Waals surface area contributed by atoms with Crippen LogP contribution in [0.25, 0.3) is 0 Å². The van der Waals surface area contributed by atoms with E-state index in [9.17, 15) is 14.3 Å². The van der Waals surface area contributed by atoms with E-state index in [1.54, 1.807) is 29.0 Å². The Hall–Kier alpha value is -2.41. The van der Waals surface area contributed by atoms with Gasteiger partial charge in [0.05, 0.1) is 24.5 Å². The predicted molar refractivity (Wildman–Crippen MR) is 90.0 cm³/mol. The molecule has 1 atom stereocenters. The van der Waals surface area contributed by atoms with Crippen molar-refractivity contribution in [2.75, 3.05) is 18.4 Å². The monoisotopic (exact) mass is 334 g/mol. The second kappa shape index (κ2) is 7.92. The first-order chi connectivity index (χ1) is 11.3. The Morgan fingerprint density at radius 3 is 2.54 bits per heavy atom. The number of aromatic nitrogens is 2. The summed E-state index contributed by atoms with van der Waals surface area (Å²) in [6, 6.07) is 5.32. The fourth-order valence-corrected chi connectivity index (χ4v) is 2.37. The summed E-state index contributed by atoms with van der Waals surface area (Å²) in [6.45, 7) is 4.60. The maximum Gasteiger partial charge on any atom is 0.322 e. The van der Waals surface area contributed by atoms with Crippen molar-refractivity contribution in [1.82, 2.24) is 14.7 Å². The number of anilines is 1. The van der Waals surface area contributed by atoms with Gasteiger partial charge in [-0.25, -0.2) is 9.18 Å². The first kappa shape index (κ1) is 17.9. The second-order valence-electron chi connectivity index (χ2n) is 6.20. The van der Waals surface area contributed by atoms with Crippen molar-refractivity contribution in [1.29, 1.82) is 0 Å². The van der Waals surface area contributed by atoms with Crippen LogP contribution in [-0.2, 0) is 7.05 Å². The van der Waals surface area contributed by atoms with Crippen LogP contribution in [0.4, 0.5) is 14.9 Å². The number of nitrogens with zero attached hydrogens (tertiary/aromatic N) is 3. The van der Waals surface area contributed by atoms with Crippen LogP contribution in [0, 0.1) is 11.7 Å². The number of aryl methyl sites for hydroxylation is 1. The molecule has 6 nitrogen and oxygen atoms in total. The molecule has 0 aliphatic carbocycles. The summed E-state index contributed by atoms with van der Waals surface area (Å²) in [6.07, 6.45) is 2.37. The van der Waals surface area contributed by atoms with Crippen LogP contribution in [0.2, 0.25) is 0 Å². The van der Waals surface area contributed by atoms with E-state index in [2.05, 4.69) is 10.4 Å². The molecule has 1 unspecified atom stereocenters. The van der Waals surface area contributed by atoms with Crippen LogP contribution >= 0.6 is 0 Å². The zero-order valence-electron chi connectivity index (χ0n) is 14.1. The van der Waals surface area contributed by atoms with E-state index in [-0.39, 0.29) is 24.3 Å². The lowest BCUT2D eigenvalue weighted by molar-refractivity contribution is 0.121. The number of nitrogens with one attached hydrogen (secondary N) is 1. The lowest BCUT2D eigenvalue weighted by Crippen LogP contribution is -2.40. The number of aliphatic hydroxyl groups excluding tert-OH is 1. The van der Waals surface area contributed by atoms with Gasteiger partial charge in [0.1, 0.15) is 5.82 Å². The molecule has 0 aliphatic rings. The summed E-state index contributed by atoms with van der Waals surface area (Å²) < 4.78 is 14.6. The largest absolute Gasteiger partial charge is 0.387 e. The average Bonchev–Trinajstić information content (AvgIpc) is 2.91. The van der Waals surface area contributed by atoms with Gasteiger partial charge in [0.2, 0.25) is 0 Å². The van der Waals surface area contributed by atoms with Crippen LogP contribution in [-0.4, -0.2) is 38.9 Å². The van der Waals surface area contributed by atoms with Crippen LogP contribution in [0.15, 0.2) is 36.7 Å². The molecular formula is C17H23FN4O2. The molecule has 130 valence electrons. The number of urea groups is 1. The van der Waals surface area contributed by atoms with Gasteiger partial charge in [-0.15, -0.1) is 0 Å². The molecule has 0 aliphatic heterocycles. The summed E-state index contributed by atoms with van der Waals surface area (Å²) in [4.78, 5) is 14.0. The fraction of sp³-hybridized carbons (Fsp3) is 0.412. The van der Waals surface area contributed by atoms with Gasteiger partial charge in [-0.1, -0.05) is 26.0 Å². The number of rotatable bonds is 6. The average molecular weight is 334 g/mol. The van der Waals surface area contributed by atoms with E-state index < -0.39 is 6.10 Å². The highest BCUT2D eigenvalue weighted by Gasteiger charge is 2.20. The van der Waals surface area contributed by atoms with Crippen molar-refractivity contribution >= 4 is 11.7 Å². The van der Waals surface area contributed by atoms with E-state index in [0.717, 1.165) is 0 Å². The molecule has 1 aromatic heterocycles. The lowest BCUT2D eigenvalue weighted by atomic mass is 10.1. The summed E-state index contributed by atoms with van der Waals surface area (Å²) in [5, 5.41) is 17.1. The molecule has 24 heavy (non-hydrogen) atoms. The summed E-state index contributed by atoms with van der Waals surface area (Å²) >= 11 is 0. The van der Waals surface area contributed by atoms with Crippen LogP contribution in [0.1, 0.15) is 25.5 Å². The maximum atomic E-state index is 13.0. The number of hydrogen-bond donors (Lipinski definition) is 2. The molecule has 0 fully saturated rings. The van der Waals surface area contributed by atoms with Crippen LogP contribution in [0.5, 0.6) is 0 Å². The molecule has 2 rings (SSSR count).